The van der Waals surface area contributed by atoms with Crippen LogP contribution in [0.2, 0.25) is 0 Å². The number of carbonyl (C=O) groups excluding carboxylic acids is 1. The standard InChI is InChI=1S/C14H16N4O2S/c1-20-11-5-3-2-4-9(11)16-13(19)18-14-17-10-6-7-15-8-12(10)21-14/h2-5,15H,6-8H2,1H3,(H2,16,17,18,19). The number of nitrogens with one attached hydrogen (secondary N) is 3. The quantitative estimate of drug-likeness (QED) is 0.814. The number of anilines is 2. The molecule has 6 nitrogen and oxygen atoms in total. The van der Waals surface area contributed by atoms with Crippen LogP contribution in [0, 0.1) is 0 Å². The predicted molar refractivity (Wildman–Crippen MR) is 83.2 cm³/mol. The summed E-state index contributed by atoms with van der Waals surface area (Å²) in [5, 5.41) is 9.45. The lowest BCUT2D eigenvalue weighted by atomic mass is 10.2. The number of fused-ring (bicyclic) bond motifs is 1. The average molecular weight is 304 g/mol. The van der Waals surface area contributed by atoms with Crippen molar-refractivity contribution in [3.05, 3.63) is 34.8 Å². The van der Waals surface area contributed by atoms with Gasteiger partial charge in [0.2, 0.25) is 0 Å². The largest absolute Gasteiger partial charge is 0.495 e. The van der Waals surface area contributed by atoms with Crippen molar-refractivity contribution in [2.24, 2.45) is 0 Å². The van der Waals surface area contributed by atoms with E-state index in [-0.39, 0.29) is 6.03 Å². The zero-order valence-electron chi connectivity index (χ0n) is 11.6. The molecule has 0 saturated carbocycles. The van der Waals surface area contributed by atoms with Gasteiger partial charge >= 0.3 is 6.03 Å². The van der Waals surface area contributed by atoms with Crippen LogP contribution in [0.4, 0.5) is 15.6 Å². The maximum atomic E-state index is 12.0. The molecule has 1 aromatic heterocycles. The Balaban J connectivity index is 1.67. The van der Waals surface area contributed by atoms with Gasteiger partial charge in [-0.25, -0.2) is 9.78 Å². The first-order valence-corrected chi connectivity index (χ1v) is 7.48. The molecule has 7 heteroatoms. The number of hydrogen-bond donors (Lipinski definition) is 3. The molecular formula is C14H16N4O2S. The summed E-state index contributed by atoms with van der Waals surface area (Å²) in [6.07, 6.45) is 0.904. The lowest BCUT2D eigenvalue weighted by Gasteiger charge is -2.09. The molecule has 2 amide bonds. The van der Waals surface area contributed by atoms with E-state index in [1.807, 2.05) is 12.1 Å². The topological polar surface area (TPSA) is 75.3 Å². The van der Waals surface area contributed by atoms with Gasteiger partial charge in [-0.05, 0) is 12.1 Å². The van der Waals surface area contributed by atoms with E-state index >= 15 is 0 Å². The number of carbonyl (C=O) groups is 1. The molecule has 1 aliphatic rings. The van der Waals surface area contributed by atoms with Crippen molar-refractivity contribution < 1.29 is 9.53 Å². The Kier molecular flexibility index (Phi) is 4.03. The summed E-state index contributed by atoms with van der Waals surface area (Å²) in [5.41, 5.74) is 1.70. The molecular weight excluding hydrogens is 288 g/mol. The molecule has 0 atom stereocenters. The number of amides is 2. The number of benzene rings is 1. The van der Waals surface area contributed by atoms with E-state index in [9.17, 15) is 4.79 Å². The van der Waals surface area contributed by atoms with Crippen molar-refractivity contribution in [1.29, 1.82) is 0 Å². The summed E-state index contributed by atoms with van der Waals surface area (Å²) in [7, 11) is 1.57. The normalized spacial score (nSPS) is 13.4. The molecule has 0 fully saturated rings. The minimum absolute atomic E-state index is 0.321. The smallest absolute Gasteiger partial charge is 0.325 e. The molecule has 2 aromatic rings. The van der Waals surface area contributed by atoms with E-state index in [2.05, 4.69) is 20.9 Å². The highest BCUT2D eigenvalue weighted by molar-refractivity contribution is 7.15. The van der Waals surface area contributed by atoms with E-state index in [4.69, 9.17) is 4.74 Å². The number of hydrogen-bond acceptors (Lipinski definition) is 5. The van der Waals surface area contributed by atoms with Gasteiger partial charge in [-0.3, -0.25) is 5.32 Å². The summed E-state index contributed by atoms with van der Waals surface area (Å²) in [6, 6.07) is 6.95. The van der Waals surface area contributed by atoms with Crippen molar-refractivity contribution in [2.75, 3.05) is 24.3 Å². The Labute approximate surface area is 126 Å². The van der Waals surface area contributed by atoms with Gasteiger partial charge in [0, 0.05) is 24.4 Å². The lowest BCUT2D eigenvalue weighted by Crippen LogP contribution is -2.22. The first-order valence-electron chi connectivity index (χ1n) is 6.66. The van der Waals surface area contributed by atoms with Gasteiger partial charge in [0.1, 0.15) is 5.75 Å². The Morgan fingerprint density at radius 2 is 2.24 bits per heavy atom. The molecule has 0 spiro atoms. The third-order valence-electron chi connectivity index (χ3n) is 3.18. The van der Waals surface area contributed by atoms with Crippen LogP contribution in [0.5, 0.6) is 5.75 Å². The van der Waals surface area contributed by atoms with E-state index in [1.54, 1.807) is 19.2 Å². The molecule has 0 radical (unpaired) electrons. The van der Waals surface area contributed by atoms with Crippen LogP contribution in [-0.4, -0.2) is 24.7 Å². The SMILES string of the molecule is COc1ccccc1NC(=O)Nc1nc2c(s1)CNCC2. The molecule has 3 N–H and O–H groups in total. The van der Waals surface area contributed by atoms with Gasteiger partial charge in [0.15, 0.2) is 5.13 Å². The number of thiazole rings is 1. The zero-order chi connectivity index (χ0) is 14.7. The highest BCUT2D eigenvalue weighted by atomic mass is 32.1. The molecule has 0 unspecified atom stereocenters. The highest BCUT2D eigenvalue weighted by Crippen LogP contribution is 2.26. The molecule has 2 heterocycles. The van der Waals surface area contributed by atoms with Crippen molar-refractivity contribution in [2.45, 2.75) is 13.0 Å². The Morgan fingerprint density at radius 3 is 3.05 bits per heavy atom. The summed E-state index contributed by atoms with van der Waals surface area (Å²) in [5.74, 6) is 0.621. The first kappa shape index (κ1) is 13.8. The van der Waals surface area contributed by atoms with Crippen LogP contribution in [0.1, 0.15) is 10.6 Å². The number of urea groups is 1. The minimum atomic E-state index is -0.321. The molecule has 1 aromatic carbocycles. The third kappa shape index (κ3) is 3.14. The van der Waals surface area contributed by atoms with Crippen LogP contribution in [0.25, 0.3) is 0 Å². The Hall–Kier alpha value is -2.12. The summed E-state index contributed by atoms with van der Waals surface area (Å²) < 4.78 is 5.20. The van der Waals surface area contributed by atoms with E-state index < -0.39 is 0 Å². The summed E-state index contributed by atoms with van der Waals surface area (Å²) in [6.45, 7) is 1.76. The molecule has 0 bridgehead atoms. The average Bonchev–Trinajstić information content (AvgIpc) is 2.89. The van der Waals surface area contributed by atoms with Crippen LogP contribution in [0.15, 0.2) is 24.3 Å². The van der Waals surface area contributed by atoms with Crippen LogP contribution in [-0.2, 0) is 13.0 Å². The van der Waals surface area contributed by atoms with Gasteiger partial charge in [0.05, 0.1) is 18.5 Å². The van der Waals surface area contributed by atoms with Crippen molar-refractivity contribution in [3.8, 4) is 5.75 Å². The second-order valence-electron chi connectivity index (χ2n) is 4.60. The Bertz CT molecular complexity index is 633. The van der Waals surface area contributed by atoms with Crippen molar-refractivity contribution >= 4 is 28.2 Å². The van der Waals surface area contributed by atoms with Gasteiger partial charge in [0.25, 0.3) is 0 Å². The fourth-order valence-electron chi connectivity index (χ4n) is 2.18. The first-order chi connectivity index (χ1) is 10.3. The fourth-order valence-corrected chi connectivity index (χ4v) is 3.15. The number of rotatable bonds is 3. The Morgan fingerprint density at radius 1 is 1.38 bits per heavy atom. The predicted octanol–water partition coefficient (Wildman–Crippen LogP) is 2.44. The van der Waals surface area contributed by atoms with Crippen molar-refractivity contribution in [3.63, 3.8) is 0 Å². The van der Waals surface area contributed by atoms with E-state index in [0.29, 0.717) is 16.6 Å². The van der Waals surface area contributed by atoms with Gasteiger partial charge in [-0.2, -0.15) is 0 Å². The fraction of sp³-hybridized carbons (Fsp3) is 0.286. The molecule has 110 valence electrons. The van der Waals surface area contributed by atoms with Crippen molar-refractivity contribution in [1.82, 2.24) is 10.3 Å². The molecule has 0 saturated heterocycles. The van der Waals surface area contributed by atoms with Crippen LogP contribution >= 0.6 is 11.3 Å². The number of nitrogens with zero attached hydrogens (tertiary/aromatic N) is 1. The highest BCUT2D eigenvalue weighted by Gasteiger charge is 2.16. The number of ether oxygens (including phenoxy) is 1. The van der Waals surface area contributed by atoms with E-state index in [1.165, 1.54) is 16.2 Å². The van der Waals surface area contributed by atoms with Gasteiger partial charge in [-0.1, -0.05) is 12.1 Å². The van der Waals surface area contributed by atoms with Crippen LogP contribution < -0.4 is 20.7 Å². The van der Waals surface area contributed by atoms with Crippen LogP contribution in [0.3, 0.4) is 0 Å². The maximum Gasteiger partial charge on any atom is 0.325 e. The minimum Gasteiger partial charge on any atom is -0.495 e. The summed E-state index contributed by atoms with van der Waals surface area (Å²) >= 11 is 1.51. The zero-order valence-corrected chi connectivity index (χ0v) is 12.4. The summed E-state index contributed by atoms with van der Waals surface area (Å²) in [4.78, 5) is 17.7. The number of aromatic nitrogens is 1. The van der Waals surface area contributed by atoms with Gasteiger partial charge in [-0.15, -0.1) is 11.3 Å². The molecule has 1 aliphatic heterocycles. The molecule has 3 rings (SSSR count). The van der Waals surface area contributed by atoms with Gasteiger partial charge < -0.3 is 15.4 Å². The third-order valence-corrected chi connectivity index (χ3v) is 4.19. The monoisotopic (exact) mass is 304 g/mol. The molecule has 21 heavy (non-hydrogen) atoms. The second kappa shape index (κ2) is 6.11. The lowest BCUT2D eigenvalue weighted by molar-refractivity contribution is 0.262. The number of methoxy groups -OCH3 is 1. The maximum absolute atomic E-state index is 12.0. The number of para-hydroxylation sites is 2. The second-order valence-corrected chi connectivity index (χ2v) is 5.68. The van der Waals surface area contributed by atoms with E-state index in [0.717, 1.165) is 25.2 Å². The molecule has 0 aliphatic carbocycles.